The van der Waals surface area contributed by atoms with Crippen LogP contribution in [0.5, 0.6) is 0 Å². The molecule has 0 spiro atoms. The van der Waals surface area contributed by atoms with Gasteiger partial charge in [-0.2, -0.15) is 0 Å². The zero-order chi connectivity index (χ0) is 18.4. The first kappa shape index (κ1) is 18.5. The lowest BCUT2D eigenvalue weighted by Crippen LogP contribution is -2.36. The fourth-order valence-electron chi connectivity index (χ4n) is 2.22. The second-order valence-electron chi connectivity index (χ2n) is 5.76. The van der Waals surface area contributed by atoms with Gasteiger partial charge in [-0.3, -0.25) is 14.5 Å². The van der Waals surface area contributed by atoms with Gasteiger partial charge < -0.3 is 10.6 Å². The van der Waals surface area contributed by atoms with Crippen molar-refractivity contribution in [1.29, 1.82) is 0 Å². The van der Waals surface area contributed by atoms with E-state index in [2.05, 4.69) is 10.6 Å². The monoisotopic (exact) mass is 347 g/mol. The second-order valence-corrected chi connectivity index (χ2v) is 5.76. The topological polar surface area (TPSA) is 61.4 Å². The van der Waals surface area contributed by atoms with Crippen LogP contribution in [0.4, 0.5) is 20.2 Å². The van der Waals surface area contributed by atoms with E-state index in [1.165, 1.54) is 35.2 Å². The number of hydrogen-bond acceptors (Lipinski definition) is 3. The van der Waals surface area contributed by atoms with Crippen LogP contribution in [0.25, 0.3) is 0 Å². The summed E-state index contributed by atoms with van der Waals surface area (Å²) < 4.78 is 26.8. The molecule has 2 N–H and O–H groups in total. The molecule has 0 radical (unpaired) electrons. The Morgan fingerprint density at radius 1 is 1.00 bits per heavy atom. The number of hydrogen-bond donors (Lipinski definition) is 2. The normalized spacial score (nSPS) is 10.6. The van der Waals surface area contributed by atoms with Crippen molar-refractivity contribution in [2.45, 2.75) is 6.92 Å². The number of amides is 2. The Balaban J connectivity index is 1.83. The molecular formula is C18H19F2N3O2. The van der Waals surface area contributed by atoms with Crippen molar-refractivity contribution < 1.29 is 18.4 Å². The van der Waals surface area contributed by atoms with Crippen LogP contribution < -0.4 is 10.6 Å². The number of benzene rings is 2. The molecule has 0 saturated carbocycles. The Morgan fingerprint density at radius 3 is 2.32 bits per heavy atom. The summed E-state index contributed by atoms with van der Waals surface area (Å²) in [5, 5.41) is 5.00. The molecule has 7 heteroatoms. The number of anilines is 2. The number of halogens is 2. The van der Waals surface area contributed by atoms with Gasteiger partial charge in [0.15, 0.2) is 0 Å². The van der Waals surface area contributed by atoms with Gasteiger partial charge in [0.05, 0.1) is 18.8 Å². The molecule has 0 fully saturated rings. The van der Waals surface area contributed by atoms with E-state index in [0.29, 0.717) is 5.69 Å². The molecule has 0 aliphatic carbocycles. The first-order valence-corrected chi connectivity index (χ1v) is 7.63. The van der Waals surface area contributed by atoms with E-state index >= 15 is 0 Å². The molecule has 0 heterocycles. The molecule has 0 aliphatic heterocycles. The standard InChI is InChI=1S/C18H19F2N3O2/c1-12-6-7-16(15(20)8-12)22-18(25)11-23(2)10-17(24)21-14-5-3-4-13(19)9-14/h3-9H,10-11H2,1-2H3,(H,21,24)(H,22,25). The summed E-state index contributed by atoms with van der Waals surface area (Å²) in [5.41, 5.74) is 1.18. The van der Waals surface area contributed by atoms with Crippen LogP contribution in [0.3, 0.4) is 0 Å². The Labute approximate surface area is 144 Å². The van der Waals surface area contributed by atoms with E-state index in [1.54, 1.807) is 26.1 Å². The lowest BCUT2D eigenvalue weighted by Gasteiger charge is -2.16. The molecule has 2 aromatic rings. The Hall–Kier alpha value is -2.80. The minimum absolute atomic E-state index is 0.0691. The van der Waals surface area contributed by atoms with Crippen molar-refractivity contribution in [2.24, 2.45) is 0 Å². The van der Waals surface area contributed by atoms with Crippen LogP contribution in [0.2, 0.25) is 0 Å². The van der Waals surface area contributed by atoms with Gasteiger partial charge in [0.2, 0.25) is 11.8 Å². The van der Waals surface area contributed by atoms with Crippen molar-refractivity contribution in [2.75, 3.05) is 30.8 Å². The third kappa shape index (κ3) is 5.96. The van der Waals surface area contributed by atoms with Crippen LogP contribution in [0, 0.1) is 18.6 Å². The Morgan fingerprint density at radius 2 is 1.68 bits per heavy atom. The van der Waals surface area contributed by atoms with Crippen molar-refractivity contribution in [3.63, 3.8) is 0 Å². The minimum atomic E-state index is -0.514. The number of nitrogens with one attached hydrogen (secondary N) is 2. The fraction of sp³-hybridized carbons (Fsp3) is 0.222. The van der Waals surface area contributed by atoms with Gasteiger partial charge in [-0.15, -0.1) is 0 Å². The maximum Gasteiger partial charge on any atom is 0.238 e. The van der Waals surface area contributed by atoms with Crippen molar-refractivity contribution in [3.05, 3.63) is 59.7 Å². The van der Waals surface area contributed by atoms with Gasteiger partial charge in [-0.1, -0.05) is 12.1 Å². The Bertz CT molecular complexity index is 781. The summed E-state index contributed by atoms with van der Waals surface area (Å²) in [7, 11) is 1.58. The molecule has 0 saturated heterocycles. The van der Waals surface area contributed by atoms with Crippen molar-refractivity contribution in [3.8, 4) is 0 Å². The predicted molar refractivity (Wildman–Crippen MR) is 92.3 cm³/mol. The zero-order valence-corrected chi connectivity index (χ0v) is 14.0. The number of carbonyl (C=O) groups excluding carboxylic acids is 2. The fourth-order valence-corrected chi connectivity index (χ4v) is 2.22. The molecule has 25 heavy (non-hydrogen) atoms. The number of rotatable bonds is 6. The highest BCUT2D eigenvalue weighted by Crippen LogP contribution is 2.15. The summed E-state index contributed by atoms with van der Waals surface area (Å²) in [4.78, 5) is 25.3. The molecule has 2 aromatic carbocycles. The van der Waals surface area contributed by atoms with Crippen LogP contribution in [0.1, 0.15) is 5.56 Å². The first-order chi connectivity index (χ1) is 11.8. The molecule has 2 amide bonds. The molecule has 132 valence electrons. The predicted octanol–water partition coefficient (Wildman–Crippen LogP) is 2.78. The zero-order valence-electron chi connectivity index (χ0n) is 14.0. The highest BCUT2D eigenvalue weighted by molar-refractivity contribution is 5.94. The van der Waals surface area contributed by atoms with E-state index in [9.17, 15) is 18.4 Å². The van der Waals surface area contributed by atoms with E-state index < -0.39 is 17.5 Å². The van der Waals surface area contributed by atoms with Crippen LogP contribution in [0.15, 0.2) is 42.5 Å². The van der Waals surface area contributed by atoms with E-state index in [4.69, 9.17) is 0 Å². The largest absolute Gasteiger partial charge is 0.325 e. The van der Waals surface area contributed by atoms with Crippen LogP contribution in [-0.2, 0) is 9.59 Å². The average molecular weight is 347 g/mol. The molecule has 0 aliphatic rings. The first-order valence-electron chi connectivity index (χ1n) is 7.63. The average Bonchev–Trinajstić information content (AvgIpc) is 2.49. The molecule has 0 aromatic heterocycles. The van der Waals surface area contributed by atoms with Gasteiger partial charge in [-0.05, 0) is 49.9 Å². The SMILES string of the molecule is Cc1ccc(NC(=O)CN(C)CC(=O)Nc2cccc(F)c2)c(F)c1. The minimum Gasteiger partial charge on any atom is -0.325 e. The summed E-state index contributed by atoms with van der Waals surface area (Å²) in [6, 6.07) is 10.0. The number of aryl methyl sites for hydroxylation is 1. The van der Waals surface area contributed by atoms with Gasteiger partial charge in [0.1, 0.15) is 11.6 Å². The van der Waals surface area contributed by atoms with Gasteiger partial charge in [0.25, 0.3) is 0 Å². The number of likely N-dealkylation sites (N-methyl/N-ethyl adjacent to an activating group) is 1. The number of carbonyl (C=O) groups is 2. The molecular weight excluding hydrogens is 328 g/mol. The van der Waals surface area contributed by atoms with Gasteiger partial charge >= 0.3 is 0 Å². The second kappa shape index (κ2) is 8.34. The van der Waals surface area contributed by atoms with Crippen LogP contribution >= 0.6 is 0 Å². The number of nitrogens with zero attached hydrogens (tertiary/aromatic N) is 1. The smallest absolute Gasteiger partial charge is 0.238 e. The summed E-state index contributed by atoms with van der Waals surface area (Å²) in [6.45, 7) is 1.59. The lowest BCUT2D eigenvalue weighted by atomic mass is 10.2. The van der Waals surface area contributed by atoms with Crippen molar-refractivity contribution >= 4 is 23.2 Å². The lowest BCUT2D eigenvalue weighted by molar-refractivity contribution is -0.119. The summed E-state index contributed by atoms with van der Waals surface area (Å²) in [5.74, 6) is -1.79. The highest BCUT2D eigenvalue weighted by Gasteiger charge is 2.13. The Kier molecular flexibility index (Phi) is 6.19. The maximum absolute atomic E-state index is 13.7. The van der Waals surface area contributed by atoms with E-state index in [1.807, 2.05) is 0 Å². The van der Waals surface area contributed by atoms with Crippen LogP contribution in [-0.4, -0.2) is 36.9 Å². The molecule has 0 bridgehead atoms. The molecule has 0 atom stereocenters. The molecule has 5 nitrogen and oxygen atoms in total. The maximum atomic E-state index is 13.7. The molecule has 2 rings (SSSR count). The third-order valence-corrected chi connectivity index (χ3v) is 3.33. The van der Waals surface area contributed by atoms with Crippen molar-refractivity contribution in [1.82, 2.24) is 4.90 Å². The highest BCUT2D eigenvalue weighted by atomic mass is 19.1. The summed E-state index contributed by atoms with van der Waals surface area (Å²) in [6.07, 6.45) is 0. The van der Waals surface area contributed by atoms with E-state index in [-0.39, 0.29) is 24.7 Å². The summed E-state index contributed by atoms with van der Waals surface area (Å²) >= 11 is 0. The van der Waals surface area contributed by atoms with E-state index in [0.717, 1.165) is 5.56 Å². The van der Waals surface area contributed by atoms with Gasteiger partial charge in [0, 0.05) is 5.69 Å². The third-order valence-electron chi connectivity index (χ3n) is 3.33. The quantitative estimate of drug-likeness (QED) is 0.845. The van der Waals surface area contributed by atoms with Gasteiger partial charge in [-0.25, -0.2) is 8.78 Å². The molecule has 0 unspecified atom stereocenters.